The van der Waals surface area contributed by atoms with Crippen LogP contribution in [0.2, 0.25) is 20.1 Å². The first kappa shape index (κ1) is 28.1. The van der Waals surface area contributed by atoms with Gasteiger partial charge in [-0.2, -0.15) is 0 Å². The molecule has 0 atom stereocenters. The number of ether oxygens (including phenoxy) is 2. The van der Waals surface area contributed by atoms with E-state index in [2.05, 4.69) is 0 Å². The summed E-state index contributed by atoms with van der Waals surface area (Å²) in [7, 11) is 0. The van der Waals surface area contributed by atoms with Gasteiger partial charge in [-0.3, -0.25) is 9.59 Å². The first-order chi connectivity index (χ1) is 17.4. The molecule has 0 aliphatic rings. The van der Waals surface area contributed by atoms with E-state index in [1.807, 2.05) is 0 Å². The maximum Gasteiger partial charge on any atom is 0.340 e. The molecule has 9 nitrogen and oxygen atoms in total. The van der Waals surface area contributed by atoms with Crippen LogP contribution in [0.1, 0.15) is 41.4 Å². The number of halogens is 4. The molecular weight excluding hydrogens is 568 g/mol. The van der Waals surface area contributed by atoms with Crippen molar-refractivity contribution in [1.29, 1.82) is 0 Å². The van der Waals surface area contributed by atoms with Crippen molar-refractivity contribution in [2.24, 2.45) is 0 Å². The van der Waals surface area contributed by atoms with E-state index in [0.717, 1.165) is 0 Å². The van der Waals surface area contributed by atoms with Gasteiger partial charge in [0.15, 0.2) is 24.8 Å². The number of rotatable bonds is 8. The Bertz CT molecular complexity index is 1400. The average molecular weight is 585 g/mol. The van der Waals surface area contributed by atoms with Crippen molar-refractivity contribution in [3.05, 3.63) is 84.8 Å². The molecule has 37 heavy (non-hydrogen) atoms. The number of hydrogen-bond donors (Lipinski definition) is 3. The van der Waals surface area contributed by atoms with E-state index >= 15 is 0 Å². The minimum atomic E-state index is -0.911. The molecule has 0 bridgehead atoms. The predicted molar refractivity (Wildman–Crippen MR) is 142 cm³/mol. The highest BCUT2D eigenvalue weighted by atomic mass is 35.5. The van der Waals surface area contributed by atoms with Crippen LogP contribution in [0.5, 0.6) is 0 Å². The summed E-state index contributed by atoms with van der Waals surface area (Å²) in [5.74, 6) is -2.94. The van der Waals surface area contributed by atoms with Crippen LogP contribution >= 0.6 is 46.4 Å². The van der Waals surface area contributed by atoms with Gasteiger partial charge < -0.3 is 26.7 Å². The zero-order valence-corrected chi connectivity index (χ0v) is 21.7. The van der Waals surface area contributed by atoms with Gasteiger partial charge in [0, 0.05) is 16.8 Å². The van der Waals surface area contributed by atoms with Crippen molar-refractivity contribution < 1.29 is 28.7 Å². The number of esters is 2. The molecule has 0 radical (unpaired) electrons. The number of anilines is 3. The largest absolute Gasteiger partial charge is 0.454 e. The lowest BCUT2D eigenvalue weighted by Crippen LogP contribution is -2.17. The number of nitrogens with two attached hydrogens (primary N) is 3. The minimum absolute atomic E-state index is 0.0301. The third kappa shape index (κ3) is 6.64. The fourth-order valence-electron chi connectivity index (χ4n) is 2.96. The normalized spacial score (nSPS) is 10.6. The molecular formula is C24H17Cl4N3O6. The molecule has 6 N–H and O–H groups in total. The maximum atomic E-state index is 12.4. The molecule has 0 aromatic heterocycles. The highest BCUT2D eigenvalue weighted by molar-refractivity contribution is 6.40. The van der Waals surface area contributed by atoms with Crippen molar-refractivity contribution in [2.45, 2.75) is 0 Å². The van der Waals surface area contributed by atoms with Gasteiger partial charge in [-0.15, -0.1) is 0 Å². The fraction of sp³-hybridized carbons (Fsp3) is 0.0833. The number of hydrogen-bond acceptors (Lipinski definition) is 9. The van der Waals surface area contributed by atoms with Crippen LogP contribution in [0.25, 0.3) is 0 Å². The standard InChI is InChI=1S/C24H17Cl4N3O6/c25-14-3-11(4-15(26)21(14)30)19(32)8-36-23(34)10-1-2-13(18(29)7-10)24(35)37-9-20(33)12-5-16(27)22(31)17(28)6-12/h1-7H,8-9,29-31H2. The molecule has 0 saturated heterocycles. The quantitative estimate of drug-likeness (QED) is 0.185. The van der Waals surface area contributed by atoms with Crippen LogP contribution in [0, 0.1) is 0 Å². The summed E-state index contributed by atoms with van der Waals surface area (Å²) in [4.78, 5) is 49.4. The summed E-state index contributed by atoms with van der Waals surface area (Å²) < 4.78 is 10.0. The molecule has 3 aromatic rings. The average Bonchev–Trinajstić information content (AvgIpc) is 2.86. The Balaban J connectivity index is 1.61. The van der Waals surface area contributed by atoms with Crippen molar-refractivity contribution in [2.75, 3.05) is 30.4 Å². The summed E-state index contributed by atoms with van der Waals surface area (Å²) in [5.41, 5.74) is 17.3. The van der Waals surface area contributed by atoms with Gasteiger partial charge in [-0.25, -0.2) is 9.59 Å². The summed E-state index contributed by atoms with van der Waals surface area (Å²) >= 11 is 23.7. The number of carbonyl (C=O) groups excluding carboxylic acids is 4. The van der Waals surface area contributed by atoms with Crippen LogP contribution in [0.15, 0.2) is 42.5 Å². The third-order valence-electron chi connectivity index (χ3n) is 4.98. The summed E-state index contributed by atoms with van der Waals surface area (Å²) in [5, 5.41) is 0.327. The third-order valence-corrected chi connectivity index (χ3v) is 6.23. The van der Waals surface area contributed by atoms with E-state index < -0.39 is 36.7 Å². The van der Waals surface area contributed by atoms with Gasteiger partial charge >= 0.3 is 11.9 Å². The minimum Gasteiger partial charge on any atom is -0.454 e. The van der Waals surface area contributed by atoms with Gasteiger partial charge in [0.05, 0.1) is 42.6 Å². The van der Waals surface area contributed by atoms with Crippen molar-refractivity contribution in [1.82, 2.24) is 0 Å². The molecule has 0 saturated carbocycles. The maximum absolute atomic E-state index is 12.4. The molecule has 0 unspecified atom stereocenters. The first-order valence-electron chi connectivity index (χ1n) is 10.2. The summed E-state index contributed by atoms with van der Waals surface area (Å²) in [6, 6.07) is 8.84. The van der Waals surface area contributed by atoms with Crippen LogP contribution in [0.4, 0.5) is 17.1 Å². The van der Waals surface area contributed by atoms with Gasteiger partial charge in [-0.05, 0) is 42.5 Å². The smallest absolute Gasteiger partial charge is 0.340 e. The second-order valence-corrected chi connectivity index (χ2v) is 9.14. The van der Waals surface area contributed by atoms with Crippen LogP contribution in [0.3, 0.4) is 0 Å². The summed E-state index contributed by atoms with van der Waals surface area (Å²) in [6.45, 7) is -1.24. The Kier molecular flexibility index (Phi) is 8.88. The zero-order valence-electron chi connectivity index (χ0n) is 18.6. The van der Waals surface area contributed by atoms with E-state index in [0.29, 0.717) is 0 Å². The Hall–Kier alpha value is -3.50. The van der Waals surface area contributed by atoms with Crippen molar-refractivity contribution in [3.63, 3.8) is 0 Å². The molecule has 0 fully saturated rings. The van der Waals surface area contributed by atoms with Crippen LogP contribution < -0.4 is 17.2 Å². The molecule has 3 rings (SSSR count). The SMILES string of the molecule is Nc1cc(C(=O)OCC(=O)c2cc(Cl)c(N)c(Cl)c2)ccc1C(=O)OCC(=O)c1cc(Cl)c(N)c(Cl)c1. The Morgan fingerprint density at radius 2 is 1.00 bits per heavy atom. The molecule has 13 heteroatoms. The molecule has 0 amide bonds. The second-order valence-electron chi connectivity index (χ2n) is 7.51. The number of nitrogen functional groups attached to an aromatic ring is 3. The van der Waals surface area contributed by atoms with Gasteiger partial charge in [0.25, 0.3) is 0 Å². The second kappa shape index (κ2) is 11.7. The Morgan fingerprint density at radius 3 is 1.41 bits per heavy atom. The van der Waals surface area contributed by atoms with E-state index in [1.54, 1.807) is 0 Å². The monoisotopic (exact) mass is 583 g/mol. The first-order valence-corrected chi connectivity index (χ1v) is 11.7. The Morgan fingerprint density at radius 1 is 0.595 bits per heavy atom. The molecule has 0 aliphatic heterocycles. The predicted octanol–water partition coefficient (Wildman–Crippen LogP) is 5.13. The van der Waals surface area contributed by atoms with E-state index in [1.165, 1.54) is 42.5 Å². The molecule has 3 aromatic carbocycles. The lowest BCUT2D eigenvalue weighted by atomic mass is 10.1. The van der Waals surface area contributed by atoms with E-state index in [9.17, 15) is 19.2 Å². The molecule has 0 heterocycles. The highest BCUT2D eigenvalue weighted by Gasteiger charge is 2.19. The number of ketones is 2. The summed E-state index contributed by atoms with van der Waals surface area (Å²) in [6.07, 6.45) is 0. The van der Waals surface area contributed by atoms with Crippen LogP contribution in [-0.2, 0) is 9.47 Å². The highest BCUT2D eigenvalue weighted by Crippen LogP contribution is 2.30. The van der Waals surface area contributed by atoms with Gasteiger partial charge in [0.1, 0.15) is 0 Å². The topological polar surface area (TPSA) is 165 Å². The number of Topliss-reactive ketones (excluding diaryl/α,β-unsaturated/α-hetero) is 2. The number of benzene rings is 3. The van der Waals surface area contributed by atoms with Crippen molar-refractivity contribution in [3.8, 4) is 0 Å². The van der Waals surface area contributed by atoms with E-state index in [-0.39, 0.29) is 59.4 Å². The fourth-order valence-corrected chi connectivity index (χ4v) is 3.93. The van der Waals surface area contributed by atoms with Crippen molar-refractivity contribution >= 4 is 87.0 Å². The lowest BCUT2D eigenvalue weighted by molar-refractivity contribution is 0.0468. The van der Waals surface area contributed by atoms with Crippen LogP contribution in [-0.4, -0.2) is 36.7 Å². The molecule has 192 valence electrons. The zero-order chi connectivity index (χ0) is 27.4. The molecule has 0 aliphatic carbocycles. The number of carbonyl (C=O) groups is 4. The lowest BCUT2D eigenvalue weighted by Gasteiger charge is -2.10. The van der Waals surface area contributed by atoms with E-state index in [4.69, 9.17) is 73.1 Å². The molecule has 0 spiro atoms. The van der Waals surface area contributed by atoms with Gasteiger partial charge in [-0.1, -0.05) is 46.4 Å². The van der Waals surface area contributed by atoms with Gasteiger partial charge in [0.2, 0.25) is 0 Å². The Labute approximate surface area is 230 Å².